The zero-order valence-corrected chi connectivity index (χ0v) is 14.8. The van der Waals surface area contributed by atoms with Crippen LogP contribution in [0.1, 0.15) is 36.7 Å². The lowest BCUT2D eigenvalue weighted by molar-refractivity contribution is -0.151. The molecule has 136 valence electrons. The van der Waals surface area contributed by atoms with Gasteiger partial charge in [-0.25, -0.2) is 9.59 Å². The number of rotatable bonds is 6. The number of aryl methyl sites for hydroxylation is 1. The number of carbonyl (C=O) groups excluding carboxylic acids is 1. The highest BCUT2D eigenvalue weighted by Gasteiger charge is 2.53. The first-order valence-electron chi connectivity index (χ1n) is 8.46. The van der Waals surface area contributed by atoms with Gasteiger partial charge in [-0.1, -0.05) is 30.3 Å². The Labute approximate surface area is 151 Å². The monoisotopic (exact) mass is 355 g/mol. The minimum absolute atomic E-state index is 0.0814. The molecular formula is C19H21N3O4. The van der Waals surface area contributed by atoms with Crippen LogP contribution < -0.4 is 0 Å². The Bertz CT molecular complexity index is 807. The van der Waals surface area contributed by atoms with E-state index in [9.17, 15) is 14.7 Å². The lowest BCUT2D eigenvalue weighted by Gasteiger charge is -2.37. The molecule has 26 heavy (non-hydrogen) atoms. The van der Waals surface area contributed by atoms with E-state index in [1.54, 1.807) is 6.92 Å². The van der Waals surface area contributed by atoms with Crippen molar-refractivity contribution in [2.45, 2.75) is 44.9 Å². The third-order valence-corrected chi connectivity index (χ3v) is 4.55. The first-order valence-corrected chi connectivity index (χ1v) is 8.46. The van der Waals surface area contributed by atoms with Crippen LogP contribution in [0.15, 0.2) is 42.7 Å². The third kappa shape index (κ3) is 3.37. The van der Waals surface area contributed by atoms with E-state index < -0.39 is 17.6 Å². The molecule has 1 aliphatic rings. The molecule has 0 aliphatic heterocycles. The number of ether oxygens (including phenoxy) is 1. The van der Waals surface area contributed by atoms with E-state index in [1.807, 2.05) is 30.3 Å². The van der Waals surface area contributed by atoms with Crippen molar-refractivity contribution in [2.24, 2.45) is 0 Å². The summed E-state index contributed by atoms with van der Waals surface area (Å²) in [6.45, 7) is 3.25. The molecule has 1 heterocycles. The zero-order valence-electron chi connectivity index (χ0n) is 14.8. The second kappa shape index (κ2) is 7.11. The van der Waals surface area contributed by atoms with Crippen molar-refractivity contribution in [1.29, 1.82) is 0 Å². The van der Waals surface area contributed by atoms with Crippen molar-refractivity contribution >= 4 is 12.1 Å². The molecular weight excluding hydrogens is 334 g/mol. The Kier molecular flexibility index (Phi) is 4.88. The molecule has 2 aromatic rings. The summed E-state index contributed by atoms with van der Waals surface area (Å²) < 4.78 is 5.42. The van der Waals surface area contributed by atoms with Crippen LogP contribution in [0.4, 0.5) is 4.79 Å². The molecule has 1 aromatic heterocycles. The SMILES string of the molecule is Cc1nccnc1C(C)(C(=O)O)N(C(=O)OCc1ccccc1)C1CC1. The fraction of sp³-hybridized carbons (Fsp3) is 0.368. The van der Waals surface area contributed by atoms with Gasteiger partial charge in [0.15, 0.2) is 5.54 Å². The topological polar surface area (TPSA) is 92.6 Å². The predicted octanol–water partition coefficient (Wildman–Crippen LogP) is 2.89. The zero-order chi connectivity index (χ0) is 18.7. The minimum atomic E-state index is -1.65. The molecule has 3 rings (SSSR count). The van der Waals surface area contributed by atoms with Crippen molar-refractivity contribution in [3.05, 3.63) is 59.7 Å². The maximum Gasteiger partial charge on any atom is 0.411 e. The summed E-state index contributed by atoms with van der Waals surface area (Å²) in [5.74, 6) is -1.16. The van der Waals surface area contributed by atoms with Crippen LogP contribution in [0.25, 0.3) is 0 Å². The van der Waals surface area contributed by atoms with Crippen molar-refractivity contribution in [3.63, 3.8) is 0 Å². The number of hydrogen-bond acceptors (Lipinski definition) is 5. The number of carboxylic acid groups (broad SMARTS) is 1. The highest BCUT2D eigenvalue weighted by molar-refractivity contribution is 5.85. The lowest BCUT2D eigenvalue weighted by Crippen LogP contribution is -2.54. The second-order valence-electron chi connectivity index (χ2n) is 6.51. The summed E-state index contributed by atoms with van der Waals surface area (Å²) in [6, 6.07) is 9.09. The smallest absolute Gasteiger partial charge is 0.411 e. The number of carboxylic acids is 1. The number of aliphatic carboxylic acids is 1. The number of amides is 1. The van der Waals surface area contributed by atoms with E-state index in [4.69, 9.17) is 4.74 Å². The van der Waals surface area contributed by atoms with Gasteiger partial charge in [-0.05, 0) is 32.3 Å². The number of nitrogens with zero attached hydrogens (tertiary/aromatic N) is 3. The maximum atomic E-state index is 12.8. The van der Waals surface area contributed by atoms with Gasteiger partial charge in [-0.3, -0.25) is 14.9 Å². The summed E-state index contributed by atoms with van der Waals surface area (Å²) in [5.41, 5.74) is -0.0907. The lowest BCUT2D eigenvalue weighted by atomic mass is 9.93. The number of carbonyl (C=O) groups is 2. The molecule has 0 radical (unpaired) electrons. The quantitative estimate of drug-likeness (QED) is 0.856. The summed E-state index contributed by atoms with van der Waals surface area (Å²) in [6.07, 6.45) is 3.75. The van der Waals surface area contributed by atoms with Crippen LogP contribution in [-0.2, 0) is 21.7 Å². The fourth-order valence-corrected chi connectivity index (χ4v) is 3.02. The van der Waals surface area contributed by atoms with Gasteiger partial charge < -0.3 is 9.84 Å². The Hall–Kier alpha value is -2.96. The highest BCUT2D eigenvalue weighted by atomic mass is 16.6. The normalized spacial score (nSPS) is 15.8. The molecule has 1 aromatic carbocycles. The molecule has 7 nitrogen and oxygen atoms in total. The third-order valence-electron chi connectivity index (χ3n) is 4.55. The first kappa shape index (κ1) is 17.8. The summed E-state index contributed by atoms with van der Waals surface area (Å²) in [4.78, 5) is 34.7. The van der Waals surface area contributed by atoms with Crippen LogP contribution in [0.5, 0.6) is 0 Å². The van der Waals surface area contributed by atoms with Gasteiger partial charge in [-0.2, -0.15) is 0 Å². The van der Waals surface area contributed by atoms with Crippen LogP contribution in [0, 0.1) is 6.92 Å². The number of aromatic nitrogens is 2. The molecule has 0 spiro atoms. The summed E-state index contributed by atoms with van der Waals surface area (Å²) in [5, 5.41) is 9.97. The average molecular weight is 355 g/mol. The van der Waals surface area contributed by atoms with E-state index in [1.165, 1.54) is 24.2 Å². The summed E-state index contributed by atoms with van der Waals surface area (Å²) in [7, 11) is 0. The molecule has 0 saturated heterocycles. The van der Waals surface area contributed by atoms with Crippen molar-refractivity contribution in [2.75, 3.05) is 0 Å². The van der Waals surface area contributed by atoms with Crippen LogP contribution in [-0.4, -0.2) is 38.1 Å². The van der Waals surface area contributed by atoms with Crippen LogP contribution in [0.3, 0.4) is 0 Å². The standard InChI is InChI=1S/C19H21N3O4/c1-13-16(21-11-10-20-13)19(2,17(23)24)22(15-8-9-15)18(25)26-12-14-6-4-3-5-7-14/h3-7,10-11,15H,8-9,12H2,1-2H3,(H,23,24). The van der Waals surface area contributed by atoms with Gasteiger partial charge in [0.2, 0.25) is 0 Å². The molecule has 1 aliphatic carbocycles. The maximum absolute atomic E-state index is 12.8. The average Bonchev–Trinajstić information content (AvgIpc) is 3.46. The highest BCUT2D eigenvalue weighted by Crippen LogP contribution is 2.39. The van der Waals surface area contributed by atoms with E-state index >= 15 is 0 Å². The number of benzene rings is 1. The Balaban J connectivity index is 1.90. The minimum Gasteiger partial charge on any atom is -0.479 e. The molecule has 1 atom stereocenters. The molecule has 1 unspecified atom stereocenters. The Morgan fingerprint density at radius 1 is 1.23 bits per heavy atom. The van der Waals surface area contributed by atoms with Crippen molar-refractivity contribution in [1.82, 2.24) is 14.9 Å². The molecule has 0 bridgehead atoms. The molecule has 1 amide bonds. The van der Waals surface area contributed by atoms with Gasteiger partial charge in [0.25, 0.3) is 0 Å². The Morgan fingerprint density at radius 3 is 2.46 bits per heavy atom. The number of hydrogen-bond donors (Lipinski definition) is 1. The fourth-order valence-electron chi connectivity index (χ4n) is 3.02. The molecule has 1 saturated carbocycles. The molecule has 1 N–H and O–H groups in total. The van der Waals surface area contributed by atoms with E-state index in [2.05, 4.69) is 9.97 Å². The van der Waals surface area contributed by atoms with E-state index in [-0.39, 0.29) is 18.3 Å². The molecule has 7 heteroatoms. The van der Waals surface area contributed by atoms with E-state index in [0.29, 0.717) is 5.69 Å². The molecule has 1 fully saturated rings. The second-order valence-corrected chi connectivity index (χ2v) is 6.51. The van der Waals surface area contributed by atoms with Crippen LogP contribution >= 0.6 is 0 Å². The largest absolute Gasteiger partial charge is 0.479 e. The van der Waals surface area contributed by atoms with Gasteiger partial charge in [0.1, 0.15) is 6.61 Å². The van der Waals surface area contributed by atoms with Gasteiger partial charge in [0, 0.05) is 18.4 Å². The van der Waals surface area contributed by atoms with Gasteiger partial charge >= 0.3 is 12.1 Å². The van der Waals surface area contributed by atoms with Crippen LogP contribution in [0.2, 0.25) is 0 Å². The predicted molar refractivity (Wildman–Crippen MR) is 93.2 cm³/mol. The Morgan fingerprint density at radius 2 is 1.88 bits per heavy atom. The first-order chi connectivity index (χ1) is 12.4. The van der Waals surface area contributed by atoms with E-state index in [0.717, 1.165) is 18.4 Å². The van der Waals surface area contributed by atoms with Crippen molar-refractivity contribution < 1.29 is 19.4 Å². The van der Waals surface area contributed by atoms with Crippen molar-refractivity contribution in [3.8, 4) is 0 Å². The van der Waals surface area contributed by atoms with Gasteiger partial charge in [0.05, 0.1) is 11.4 Å². The summed E-state index contributed by atoms with van der Waals surface area (Å²) >= 11 is 0. The van der Waals surface area contributed by atoms with Gasteiger partial charge in [-0.15, -0.1) is 0 Å².